The van der Waals surface area contributed by atoms with Gasteiger partial charge in [-0.1, -0.05) is 25.3 Å². The molecule has 1 aromatic rings. The molecule has 1 aliphatic rings. The maximum absolute atomic E-state index is 11.4. The molecule has 4 heteroatoms. The van der Waals surface area contributed by atoms with E-state index in [-0.39, 0.29) is 19.2 Å². The van der Waals surface area contributed by atoms with Gasteiger partial charge in [-0.15, -0.1) is 6.58 Å². The second-order valence-corrected chi connectivity index (χ2v) is 4.85. The maximum atomic E-state index is 11.4. The van der Waals surface area contributed by atoms with Gasteiger partial charge in [0.2, 0.25) is 0 Å². The molecule has 0 radical (unpaired) electrons. The first-order valence-electron chi connectivity index (χ1n) is 6.43. The van der Waals surface area contributed by atoms with E-state index in [9.17, 15) is 4.79 Å². The van der Waals surface area contributed by atoms with E-state index in [0.717, 1.165) is 17.8 Å². The van der Waals surface area contributed by atoms with Crippen LogP contribution in [0.3, 0.4) is 0 Å². The summed E-state index contributed by atoms with van der Waals surface area (Å²) in [6.45, 7) is 5.71. The Bertz CT molecular complexity index is 461. The van der Waals surface area contributed by atoms with Gasteiger partial charge in [-0.05, 0) is 31.2 Å². The van der Waals surface area contributed by atoms with Crippen LogP contribution in [0.15, 0.2) is 17.4 Å². The van der Waals surface area contributed by atoms with E-state index in [1.165, 1.54) is 37.7 Å². The summed E-state index contributed by atoms with van der Waals surface area (Å²) in [6, 6.07) is 0. The molecule has 100 valence electrons. The molecule has 1 fully saturated rings. The fourth-order valence-corrected chi connectivity index (χ4v) is 2.89. The van der Waals surface area contributed by atoms with E-state index in [0.29, 0.717) is 5.92 Å². The number of rotatable bonds is 3. The highest BCUT2D eigenvalue weighted by Gasteiger charge is 2.21. The average Bonchev–Trinajstić information content (AvgIpc) is 2.30. The molecule has 0 spiro atoms. The highest BCUT2D eigenvalue weighted by molar-refractivity contribution is 7.59. The fourth-order valence-electron chi connectivity index (χ4n) is 2.89. The van der Waals surface area contributed by atoms with Gasteiger partial charge < -0.3 is 4.98 Å². The predicted molar refractivity (Wildman–Crippen MR) is 79.7 cm³/mol. The monoisotopic (exact) mass is 266 g/mol. The van der Waals surface area contributed by atoms with Crippen molar-refractivity contribution >= 4 is 13.5 Å². The molecule has 0 saturated heterocycles. The lowest BCUT2D eigenvalue weighted by Gasteiger charge is -2.24. The van der Waals surface area contributed by atoms with Gasteiger partial charge in [0.15, 0.2) is 0 Å². The van der Waals surface area contributed by atoms with Crippen LogP contribution in [0.2, 0.25) is 0 Å². The summed E-state index contributed by atoms with van der Waals surface area (Å²) in [5, 5.41) is 0. The minimum atomic E-state index is -0.237. The van der Waals surface area contributed by atoms with E-state index in [4.69, 9.17) is 0 Å². The summed E-state index contributed by atoms with van der Waals surface area (Å²) in [6.07, 6.45) is 8.93. The zero-order valence-electron chi connectivity index (χ0n) is 11.0. The van der Waals surface area contributed by atoms with E-state index < -0.39 is 0 Å². The molecule has 1 aromatic heterocycles. The third-order valence-corrected chi connectivity index (χ3v) is 3.60. The van der Waals surface area contributed by atoms with Crippen LogP contribution in [0.4, 0.5) is 0 Å². The molecular formula is C14H22N2OS. The van der Waals surface area contributed by atoms with Crippen molar-refractivity contribution in [1.29, 1.82) is 0 Å². The fraction of sp³-hybridized carbons (Fsp3) is 0.571. The molecule has 0 aliphatic heterocycles. The summed E-state index contributed by atoms with van der Waals surface area (Å²) in [5.41, 5.74) is 2.95. The normalized spacial score (nSPS) is 16.1. The highest BCUT2D eigenvalue weighted by atomic mass is 32.1. The third-order valence-electron chi connectivity index (χ3n) is 3.60. The summed E-state index contributed by atoms with van der Waals surface area (Å²) < 4.78 is 0. The summed E-state index contributed by atoms with van der Waals surface area (Å²) >= 11 is 0. The first-order chi connectivity index (χ1) is 8.22. The minimum Gasteiger partial charge on any atom is -0.309 e. The molecule has 2 rings (SSSR count). The van der Waals surface area contributed by atoms with Crippen LogP contribution in [0, 0.1) is 6.92 Å². The van der Waals surface area contributed by atoms with Gasteiger partial charge in [0.05, 0.1) is 0 Å². The highest BCUT2D eigenvalue weighted by Crippen LogP contribution is 2.34. The van der Waals surface area contributed by atoms with Crippen LogP contribution < -0.4 is 5.69 Å². The number of aromatic nitrogens is 2. The Balaban J connectivity index is 0.00000162. The van der Waals surface area contributed by atoms with Crippen molar-refractivity contribution in [1.82, 2.24) is 9.97 Å². The van der Waals surface area contributed by atoms with Crippen molar-refractivity contribution in [2.75, 3.05) is 0 Å². The first kappa shape index (κ1) is 15.0. The molecule has 3 nitrogen and oxygen atoms in total. The van der Waals surface area contributed by atoms with Crippen molar-refractivity contribution in [2.24, 2.45) is 0 Å². The van der Waals surface area contributed by atoms with Gasteiger partial charge in [-0.25, -0.2) is 4.79 Å². The number of aromatic amines is 1. The van der Waals surface area contributed by atoms with Gasteiger partial charge in [0.25, 0.3) is 0 Å². The predicted octanol–water partition coefficient (Wildman–Crippen LogP) is 2.97. The number of hydrogen-bond acceptors (Lipinski definition) is 2. The molecular weight excluding hydrogens is 244 g/mol. The summed E-state index contributed by atoms with van der Waals surface area (Å²) in [7, 11) is 0. The zero-order valence-corrected chi connectivity index (χ0v) is 12.0. The number of allylic oxidation sites excluding steroid dienone is 1. The molecule has 1 aliphatic carbocycles. The second-order valence-electron chi connectivity index (χ2n) is 4.85. The number of nitrogens with one attached hydrogen (secondary N) is 1. The van der Waals surface area contributed by atoms with Gasteiger partial charge >= 0.3 is 5.69 Å². The van der Waals surface area contributed by atoms with E-state index in [2.05, 4.69) is 16.5 Å². The molecule has 0 bridgehead atoms. The first-order valence-corrected chi connectivity index (χ1v) is 6.43. The lowest BCUT2D eigenvalue weighted by atomic mass is 9.82. The third kappa shape index (κ3) is 3.25. The largest absolute Gasteiger partial charge is 0.345 e. The van der Waals surface area contributed by atoms with Crippen LogP contribution in [0.5, 0.6) is 0 Å². The molecule has 1 N–H and O–H groups in total. The van der Waals surface area contributed by atoms with Crippen LogP contribution in [0.25, 0.3) is 0 Å². The zero-order chi connectivity index (χ0) is 12.3. The van der Waals surface area contributed by atoms with Gasteiger partial charge in [0.1, 0.15) is 0 Å². The van der Waals surface area contributed by atoms with Gasteiger partial charge in [0, 0.05) is 17.8 Å². The number of nitrogens with zero attached hydrogens (tertiary/aromatic N) is 1. The Kier molecular flexibility index (Phi) is 5.66. The maximum Gasteiger partial charge on any atom is 0.345 e. The van der Waals surface area contributed by atoms with Gasteiger partial charge in [-0.2, -0.15) is 18.5 Å². The molecule has 0 aromatic carbocycles. The van der Waals surface area contributed by atoms with Crippen molar-refractivity contribution in [3.8, 4) is 0 Å². The molecule has 0 unspecified atom stereocenters. The Morgan fingerprint density at radius 2 is 2.06 bits per heavy atom. The second kappa shape index (κ2) is 6.78. The Hall–Kier alpha value is -1.03. The van der Waals surface area contributed by atoms with Crippen molar-refractivity contribution in [3.05, 3.63) is 40.1 Å². The quantitative estimate of drug-likeness (QED) is 0.855. The Morgan fingerprint density at radius 1 is 1.39 bits per heavy atom. The number of aryl methyl sites for hydroxylation is 1. The van der Waals surface area contributed by atoms with Crippen LogP contribution in [-0.2, 0) is 6.42 Å². The lowest BCUT2D eigenvalue weighted by molar-refractivity contribution is 0.438. The van der Waals surface area contributed by atoms with Crippen LogP contribution in [-0.4, -0.2) is 9.97 Å². The van der Waals surface area contributed by atoms with Crippen LogP contribution in [0.1, 0.15) is 55.0 Å². The smallest absolute Gasteiger partial charge is 0.309 e. The Morgan fingerprint density at radius 3 is 2.67 bits per heavy atom. The average molecular weight is 266 g/mol. The van der Waals surface area contributed by atoms with Crippen molar-refractivity contribution < 1.29 is 0 Å². The molecule has 18 heavy (non-hydrogen) atoms. The van der Waals surface area contributed by atoms with Gasteiger partial charge in [-0.3, -0.25) is 0 Å². The lowest BCUT2D eigenvalue weighted by Crippen LogP contribution is -2.20. The topological polar surface area (TPSA) is 45.8 Å². The summed E-state index contributed by atoms with van der Waals surface area (Å²) in [4.78, 5) is 18.3. The van der Waals surface area contributed by atoms with E-state index in [1.807, 2.05) is 13.0 Å². The molecule has 1 saturated carbocycles. The van der Waals surface area contributed by atoms with E-state index in [1.54, 1.807) is 0 Å². The number of hydrogen-bond donors (Lipinski definition) is 1. The van der Waals surface area contributed by atoms with Crippen molar-refractivity contribution in [2.45, 2.75) is 51.4 Å². The SMILES string of the molecule is C=CCc1[nH]c(=O)nc(C)c1C1CCCCC1.S. The van der Waals surface area contributed by atoms with Crippen LogP contribution >= 0.6 is 13.5 Å². The Labute approximate surface area is 115 Å². The number of H-pyrrole nitrogens is 1. The van der Waals surface area contributed by atoms with E-state index >= 15 is 0 Å². The summed E-state index contributed by atoms with van der Waals surface area (Å²) in [5.74, 6) is 0.572. The molecule has 0 amide bonds. The van der Waals surface area contributed by atoms with Crippen molar-refractivity contribution in [3.63, 3.8) is 0 Å². The molecule has 0 atom stereocenters. The minimum absolute atomic E-state index is 0. The standard InChI is InChI=1S/C14H20N2O.H2S/c1-3-7-12-13(10(2)15-14(17)16-12)11-8-5-4-6-9-11;/h3,11H,1,4-9H2,2H3,(H,15,16,17);1H2. The molecule has 1 heterocycles.